The fourth-order valence-corrected chi connectivity index (χ4v) is 4.59. The summed E-state index contributed by atoms with van der Waals surface area (Å²) in [6.07, 6.45) is 11.4. The average Bonchev–Trinajstić information content (AvgIpc) is 2.62. The summed E-state index contributed by atoms with van der Waals surface area (Å²) in [5.41, 5.74) is -0.755. The van der Waals surface area contributed by atoms with Crippen molar-refractivity contribution in [3.63, 3.8) is 0 Å². The van der Waals surface area contributed by atoms with Crippen molar-refractivity contribution in [2.75, 3.05) is 28.4 Å². The topological polar surface area (TPSA) is 36.9 Å². The van der Waals surface area contributed by atoms with Crippen molar-refractivity contribution in [1.29, 1.82) is 0 Å². The Morgan fingerprint density at radius 2 is 1.08 bits per heavy atom. The Morgan fingerprint density at radius 3 is 1.48 bits per heavy atom. The number of unbranched alkanes of at least 4 members (excludes halogenated alkanes) is 4. The number of ether oxygens (including phenoxy) is 4. The van der Waals surface area contributed by atoms with Crippen LogP contribution in [0.3, 0.4) is 0 Å². The Hall–Kier alpha value is -0.160. The van der Waals surface area contributed by atoms with Gasteiger partial charge in [0.2, 0.25) is 0 Å². The zero-order valence-corrected chi connectivity index (χ0v) is 18.2. The monoisotopic (exact) mass is 360 g/mol. The Balaban J connectivity index is 5.77. The summed E-state index contributed by atoms with van der Waals surface area (Å²) >= 11 is 0. The second-order valence-corrected chi connectivity index (χ2v) is 7.42. The highest BCUT2D eigenvalue weighted by molar-refractivity contribution is 5.03. The van der Waals surface area contributed by atoms with Gasteiger partial charge in [-0.15, -0.1) is 0 Å². The molecule has 4 heteroatoms. The smallest absolute Gasteiger partial charge is 0.313 e. The highest BCUT2D eigenvalue weighted by Gasteiger charge is 2.63. The molecule has 2 atom stereocenters. The first kappa shape index (κ1) is 24.8. The standard InChI is InChI=1S/C21H44O4/c1-9-12-13-14-15-18-19(4,16-10-2)20(22-5,17-11-3)21(23-6,24-7)25-8/h9-18H2,1-8H3. The predicted octanol–water partition coefficient (Wildman–Crippen LogP) is 5.93. The van der Waals surface area contributed by atoms with E-state index in [1.54, 1.807) is 28.4 Å². The molecule has 0 fully saturated rings. The van der Waals surface area contributed by atoms with Crippen molar-refractivity contribution in [1.82, 2.24) is 0 Å². The molecule has 0 aliphatic carbocycles. The molecule has 0 spiro atoms. The van der Waals surface area contributed by atoms with Crippen LogP contribution in [0.25, 0.3) is 0 Å². The average molecular weight is 361 g/mol. The maximum atomic E-state index is 6.24. The molecular formula is C21H44O4. The minimum Gasteiger partial charge on any atom is -0.369 e. The molecule has 25 heavy (non-hydrogen) atoms. The second kappa shape index (κ2) is 12.3. The van der Waals surface area contributed by atoms with Gasteiger partial charge >= 0.3 is 5.97 Å². The van der Waals surface area contributed by atoms with Crippen LogP contribution in [0.5, 0.6) is 0 Å². The Labute approximate surface area is 156 Å². The molecule has 0 bridgehead atoms. The highest BCUT2D eigenvalue weighted by Crippen LogP contribution is 2.53. The van der Waals surface area contributed by atoms with Gasteiger partial charge in [0.05, 0.1) is 0 Å². The first-order valence-corrected chi connectivity index (χ1v) is 10.1. The van der Waals surface area contributed by atoms with Crippen LogP contribution >= 0.6 is 0 Å². The lowest BCUT2D eigenvalue weighted by Gasteiger charge is -2.55. The fraction of sp³-hybridized carbons (Fsp3) is 1.00. The molecule has 0 aliphatic rings. The van der Waals surface area contributed by atoms with Gasteiger partial charge < -0.3 is 18.9 Å². The molecule has 0 saturated carbocycles. The van der Waals surface area contributed by atoms with Gasteiger partial charge in [-0.25, -0.2) is 0 Å². The highest BCUT2D eigenvalue weighted by atomic mass is 16.9. The molecule has 0 amide bonds. The Morgan fingerprint density at radius 1 is 0.560 bits per heavy atom. The molecule has 0 saturated heterocycles. The molecule has 2 unspecified atom stereocenters. The van der Waals surface area contributed by atoms with E-state index in [1.165, 1.54) is 32.1 Å². The van der Waals surface area contributed by atoms with Crippen LogP contribution in [-0.4, -0.2) is 40.0 Å². The third kappa shape index (κ3) is 5.41. The van der Waals surface area contributed by atoms with Crippen molar-refractivity contribution in [3.05, 3.63) is 0 Å². The minimum atomic E-state index is -1.20. The van der Waals surface area contributed by atoms with Crippen LogP contribution < -0.4 is 0 Å². The predicted molar refractivity (Wildman–Crippen MR) is 105 cm³/mol. The lowest BCUT2D eigenvalue weighted by molar-refractivity contribution is -0.445. The quantitative estimate of drug-likeness (QED) is 0.252. The summed E-state index contributed by atoms with van der Waals surface area (Å²) in [5, 5.41) is 0. The van der Waals surface area contributed by atoms with Crippen molar-refractivity contribution >= 4 is 0 Å². The summed E-state index contributed by atoms with van der Waals surface area (Å²) in [5.74, 6) is -1.20. The van der Waals surface area contributed by atoms with E-state index in [4.69, 9.17) is 18.9 Å². The van der Waals surface area contributed by atoms with Crippen LogP contribution in [0, 0.1) is 5.41 Å². The van der Waals surface area contributed by atoms with E-state index in [1.807, 2.05) is 0 Å². The van der Waals surface area contributed by atoms with Crippen LogP contribution in [0.1, 0.15) is 91.9 Å². The molecule has 0 rings (SSSR count). The first-order valence-electron chi connectivity index (χ1n) is 10.1. The number of hydrogen-bond donors (Lipinski definition) is 0. The van der Waals surface area contributed by atoms with Crippen molar-refractivity contribution in [2.24, 2.45) is 5.41 Å². The maximum absolute atomic E-state index is 6.24. The molecule has 0 aliphatic heterocycles. The van der Waals surface area contributed by atoms with Crippen molar-refractivity contribution in [2.45, 2.75) is 103 Å². The van der Waals surface area contributed by atoms with Crippen molar-refractivity contribution in [3.8, 4) is 0 Å². The summed E-state index contributed by atoms with van der Waals surface area (Å²) < 4.78 is 23.7. The summed E-state index contributed by atoms with van der Waals surface area (Å²) in [6.45, 7) is 8.98. The van der Waals surface area contributed by atoms with E-state index in [-0.39, 0.29) is 5.41 Å². The van der Waals surface area contributed by atoms with Gasteiger partial charge in [-0.3, -0.25) is 0 Å². The third-order valence-corrected chi connectivity index (χ3v) is 5.86. The van der Waals surface area contributed by atoms with Crippen LogP contribution in [0.15, 0.2) is 0 Å². The fourth-order valence-electron chi connectivity index (χ4n) is 4.59. The number of rotatable bonds is 16. The molecule has 0 aromatic carbocycles. The van der Waals surface area contributed by atoms with Crippen LogP contribution in [-0.2, 0) is 18.9 Å². The molecule has 152 valence electrons. The second-order valence-electron chi connectivity index (χ2n) is 7.42. The van der Waals surface area contributed by atoms with E-state index in [0.29, 0.717) is 0 Å². The SMILES string of the molecule is CCCCCCCC(C)(CCC)C(CCC)(OC)C(OC)(OC)OC. The Kier molecular flexibility index (Phi) is 12.2. The van der Waals surface area contributed by atoms with Crippen LogP contribution in [0.4, 0.5) is 0 Å². The molecular weight excluding hydrogens is 316 g/mol. The Bertz CT molecular complexity index is 322. The van der Waals surface area contributed by atoms with Gasteiger partial charge in [-0.1, -0.05) is 72.6 Å². The maximum Gasteiger partial charge on any atom is 0.313 e. The van der Waals surface area contributed by atoms with Gasteiger partial charge in [-0.05, 0) is 19.3 Å². The summed E-state index contributed by atoms with van der Waals surface area (Å²) in [7, 11) is 6.70. The van der Waals surface area contributed by atoms with Gasteiger partial charge in [-0.2, -0.15) is 0 Å². The number of hydrogen-bond acceptors (Lipinski definition) is 4. The van der Waals surface area contributed by atoms with Gasteiger partial charge in [0.15, 0.2) is 5.60 Å². The third-order valence-electron chi connectivity index (χ3n) is 5.86. The van der Waals surface area contributed by atoms with E-state index >= 15 is 0 Å². The van der Waals surface area contributed by atoms with E-state index in [0.717, 1.165) is 32.1 Å². The molecule has 4 nitrogen and oxygen atoms in total. The van der Waals surface area contributed by atoms with Crippen molar-refractivity contribution < 1.29 is 18.9 Å². The lowest BCUT2D eigenvalue weighted by atomic mass is 9.63. The van der Waals surface area contributed by atoms with Gasteiger partial charge in [0.25, 0.3) is 0 Å². The minimum absolute atomic E-state index is 0.0965. The largest absolute Gasteiger partial charge is 0.369 e. The summed E-state index contributed by atoms with van der Waals surface area (Å²) in [6, 6.07) is 0. The summed E-state index contributed by atoms with van der Waals surface area (Å²) in [4.78, 5) is 0. The molecule has 0 aromatic rings. The van der Waals surface area contributed by atoms with E-state index in [9.17, 15) is 0 Å². The molecule has 0 aromatic heterocycles. The van der Waals surface area contributed by atoms with E-state index < -0.39 is 11.6 Å². The van der Waals surface area contributed by atoms with Gasteiger partial charge in [0, 0.05) is 33.9 Å². The van der Waals surface area contributed by atoms with E-state index in [2.05, 4.69) is 27.7 Å². The first-order chi connectivity index (χ1) is 11.9. The van der Waals surface area contributed by atoms with Gasteiger partial charge in [0.1, 0.15) is 0 Å². The number of methoxy groups -OCH3 is 4. The normalized spacial score (nSPS) is 17.3. The lowest BCUT2D eigenvalue weighted by Crippen LogP contribution is -2.67. The van der Waals surface area contributed by atoms with Crippen LogP contribution in [0.2, 0.25) is 0 Å². The zero-order chi connectivity index (χ0) is 19.4. The zero-order valence-electron chi connectivity index (χ0n) is 18.2. The molecule has 0 N–H and O–H groups in total. The molecule has 0 radical (unpaired) electrons. The molecule has 0 heterocycles.